The minimum absolute atomic E-state index is 0.440. The monoisotopic (exact) mass is 266 g/mol. The molecule has 1 fully saturated rings. The summed E-state index contributed by atoms with van der Waals surface area (Å²) in [6, 6.07) is 2.58. The lowest BCUT2D eigenvalue weighted by atomic mass is 10.1. The van der Waals surface area contributed by atoms with Gasteiger partial charge in [-0.2, -0.15) is 0 Å². The number of hydrogen-bond acceptors (Lipinski definition) is 4. The zero-order valence-electron chi connectivity index (χ0n) is 12.3. The van der Waals surface area contributed by atoms with Crippen LogP contribution in [0, 0.1) is 0 Å². The van der Waals surface area contributed by atoms with Gasteiger partial charge in [0.2, 0.25) is 0 Å². The standard InChI is InChI=1S/C15H26N2O2/c1-12(2)16-10-13-6-9-19-15(13)11-17-7-4-14(18-3)5-8-17/h6,9,12,14,16H,4-5,7-8,10-11H2,1-3H3. The molecule has 1 aliphatic rings. The minimum Gasteiger partial charge on any atom is -0.468 e. The Morgan fingerprint density at radius 1 is 1.42 bits per heavy atom. The van der Waals surface area contributed by atoms with Gasteiger partial charge in [-0.25, -0.2) is 0 Å². The molecule has 1 N–H and O–H groups in total. The third kappa shape index (κ3) is 4.34. The van der Waals surface area contributed by atoms with Gasteiger partial charge in [0.25, 0.3) is 0 Å². The van der Waals surface area contributed by atoms with Gasteiger partial charge < -0.3 is 14.5 Å². The second kappa shape index (κ2) is 7.08. The molecular formula is C15H26N2O2. The van der Waals surface area contributed by atoms with Crippen molar-refractivity contribution in [1.82, 2.24) is 10.2 Å². The first-order chi connectivity index (χ1) is 9.19. The first kappa shape index (κ1) is 14.6. The first-order valence-electron chi connectivity index (χ1n) is 7.23. The molecule has 0 amide bonds. The zero-order valence-corrected chi connectivity index (χ0v) is 12.3. The summed E-state index contributed by atoms with van der Waals surface area (Å²) in [5, 5.41) is 3.44. The van der Waals surface area contributed by atoms with Crippen LogP contribution in [0.4, 0.5) is 0 Å². The molecule has 0 radical (unpaired) electrons. The number of furan rings is 1. The van der Waals surface area contributed by atoms with Crippen molar-refractivity contribution in [3.8, 4) is 0 Å². The van der Waals surface area contributed by atoms with E-state index in [0.29, 0.717) is 12.1 Å². The maximum Gasteiger partial charge on any atom is 0.122 e. The molecule has 1 aromatic heterocycles. The van der Waals surface area contributed by atoms with E-state index >= 15 is 0 Å². The fourth-order valence-electron chi connectivity index (χ4n) is 2.48. The molecule has 2 heterocycles. The molecule has 2 rings (SSSR count). The van der Waals surface area contributed by atoms with E-state index in [9.17, 15) is 0 Å². The highest BCUT2D eigenvalue weighted by atomic mass is 16.5. The van der Waals surface area contributed by atoms with Gasteiger partial charge >= 0.3 is 0 Å². The van der Waals surface area contributed by atoms with Crippen LogP contribution >= 0.6 is 0 Å². The quantitative estimate of drug-likeness (QED) is 0.858. The van der Waals surface area contributed by atoms with Gasteiger partial charge in [0, 0.05) is 38.3 Å². The van der Waals surface area contributed by atoms with Crippen molar-refractivity contribution < 1.29 is 9.15 Å². The van der Waals surface area contributed by atoms with Gasteiger partial charge in [-0.15, -0.1) is 0 Å². The average molecular weight is 266 g/mol. The maximum atomic E-state index is 5.64. The summed E-state index contributed by atoms with van der Waals surface area (Å²) < 4.78 is 11.0. The van der Waals surface area contributed by atoms with Crippen molar-refractivity contribution in [2.24, 2.45) is 0 Å². The van der Waals surface area contributed by atoms with Gasteiger partial charge in [0.15, 0.2) is 0 Å². The van der Waals surface area contributed by atoms with Gasteiger partial charge in [-0.3, -0.25) is 4.90 Å². The Morgan fingerprint density at radius 2 is 2.16 bits per heavy atom. The predicted molar refractivity (Wildman–Crippen MR) is 76.0 cm³/mol. The van der Waals surface area contributed by atoms with Crippen LogP contribution in [0.25, 0.3) is 0 Å². The van der Waals surface area contributed by atoms with Crippen LogP contribution in [0.3, 0.4) is 0 Å². The number of rotatable bonds is 6. The topological polar surface area (TPSA) is 37.6 Å². The van der Waals surface area contributed by atoms with Crippen LogP contribution in [-0.4, -0.2) is 37.2 Å². The minimum atomic E-state index is 0.440. The molecule has 0 bridgehead atoms. The van der Waals surface area contributed by atoms with E-state index in [1.54, 1.807) is 6.26 Å². The maximum absolute atomic E-state index is 5.64. The van der Waals surface area contributed by atoms with Gasteiger partial charge in [-0.1, -0.05) is 13.8 Å². The largest absolute Gasteiger partial charge is 0.468 e. The van der Waals surface area contributed by atoms with E-state index in [0.717, 1.165) is 44.8 Å². The van der Waals surface area contributed by atoms with Crippen molar-refractivity contribution in [3.05, 3.63) is 23.7 Å². The molecule has 19 heavy (non-hydrogen) atoms. The normalized spacial score (nSPS) is 18.3. The molecule has 0 saturated carbocycles. The zero-order chi connectivity index (χ0) is 13.7. The Kier molecular flexibility index (Phi) is 5.43. The Labute approximate surface area is 116 Å². The highest BCUT2D eigenvalue weighted by molar-refractivity contribution is 5.17. The molecule has 1 saturated heterocycles. The number of hydrogen-bond donors (Lipinski definition) is 1. The Balaban J connectivity index is 1.84. The van der Waals surface area contributed by atoms with Gasteiger partial charge in [-0.05, 0) is 18.9 Å². The van der Waals surface area contributed by atoms with Crippen molar-refractivity contribution in [1.29, 1.82) is 0 Å². The summed E-state index contributed by atoms with van der Waals surface area (Å²) in [5.41, 5.74) is 1.28. The van der Waals surface area contributed by atoms with Crippen LogP contribution in [0.2, 0.25) is 0 Å². The molecule has 108 valence electrons. The summed E-state index contributed by atoms with van der Waals surface area (Å²) in [6.45, 7) is 8.31. The SMILES string of the molecule is COC1CCN(Cc2occc2CNC(C)C)CC1. The highest BCUT2D eigenvalue weighted by Gasteiger charge is 2.20. The lowest BCUT2D eigenvalue weighted by Crippen LogP contribution is -2.36. The molecule has 4 nitrogen and oxygen atoms in total. The Bertz CT molecular complexity index is 368. The molecule has 0 unspecified atom stereocenters. The third-order valence-electron chi connectivity index (χ3n) is 3.77. The summed E-state index contributed by atoms with van der Waals surface area (Å²) in [5.74, 6) is 1.10. The first-order valence-corrected chi connectivity index (χ1v) is 7.23. The third-order valence-corrected chi connectivity index (χ3v) is 3.77. The van der Waals surface area contributed by atoms with Gasteiger partial charge in [0.05, 0.1) is 18.9 Å². The lowest BCUT2D eigenvalue weighted by molar-refractivity contribution is 0.0369. The van der Waals surface area contributed by atoms with Crippen LogP contribution in [0.15, 0.2) is 16.7 Å². The second-order valence-corrected chi connectivity index (χ2v) is 5.62. The Morgan fingerprint density at radius 3 is 2.79 bits per heavy atom. The van der Waals surface area contributed by atoms with Crippen LogP contribution in [0.5, 0.6) is 0 Å². The van der Waals surface area contributed by atoms with Crippen LogP contribution in [0.1, 0.15) is 38.0 Å². The number of nitrogens with zero attached hydrogens (tertiary/aromatic N) is 1. The molecule has 0 atom stereocenters. The highest BCUT2D eigenvalue weighted by Crippen LogP contribution is 2.18. The summed E-state index contributed by atoms with van der Waals surface area (Å²) in [7, 11) is 1.81. The predicted octanol–water partition coefficient (Wildman–Crippen LogP) is 2.39. The Hall–Kier alpha value is -0.840. The summed E-state index contributed by atoms with van der Waals surface area (Å²) in [4.78, 5) is 2.45. The molecule has 4 heteroatoms. The summed E-state index contributed by atoms with van der Waals surface area (Å²) in [6.07, 6.45) is 4.48. The van der Waals surface area contributed by atoms with E-state index < -0.39 is 0 Å². The van der Waals surface area contributed by atoms with E-state index in [4.69, 9.17) is 9.15 Å². The molecule has 0 aliphatic carbocycles. The van der Waals surface area contributed by atoms with Gasteiger partial charge in [0.1, 0.15) is 5.76 Å². The van der Waals surface area contributed by atoms with Crippen molar-refractivity contribution in [3.63, 3.8) is 0 Å². The average Bonchev–Trinajstić information content (AvgIpc) is 2.84. The summed E-state index contributed by atoms with van der Waals surface area (Å²) >= 11 is 0. The smallest absolute Gasteiger partial charge is 0.122 e. The second-order valence-electron chi connectivity index (χ2n) is 5.62. The molecule has 1 aromatic rings. The number of nitrogens with one attached hydrogen (secondary N) is 1. The number of likely N-dealkylation sites (tertiary alicyclic amines) is 1. The van der Waals surface area contributed by atoms with Crippen molar-refractivity contribution in [2.75, 3.05) is 20.2 Å². The van der Waals surface area contributed by atoms with E-state index in [1.807, 2.05) is 7.11 Å². The van der Waals surface area contributed by atoms with Crippen molar-refractivity contribution in [2.45, 2.75) is 51.9 Å². The van der Waals surface area contributed by atoms with E-state index in [2.05, 4.69) is 30.1 Å². The molecule has 1 aliphatic heterocycles. The fourth-order valence-corrected chi connectivity index (χ4v) is 2.48. The number of piperidine rings is 1. The van der Waals surface area contributed by atoms with E-state index in [1.165, 1.54) is 5.56 Å². The van der Waals surface area contributed by atoms with Crippen molar-refractivity contribution >= 4 is 0 Å². The number of methoxy groups -OCH3 is 1. The van der Waals surface area contributed by atoms with E-state index in [-0.39, 0.29) is 0 Å². The lowest BCUT2D eigenvalue weighted by Gasteiger charge is -2.30. The molecular weight excluding hydrogens is 240 g/mol. The fraction of sp³-hybridized carbons (Fsp3) is 0.733. The van der Waals surface area contributed by atoms with Crippen LogP contribution in [-0.2, 0) is 17.8 Å². The number of ether oxygens (including phenoxy) is 1. The molecule has 0 spiro atoms. The molecule has 0 aromatic carbocycles. The van der Waals surface area contributed by atoms with Crippen LogP contribution < -0.4 is 5.32 Å².